The van der Waals surface area contributed by atoms with Gasteiger partial charge in [0.2, 0.25) is 0 Å². The summed E-state index contributed by atoms with van der Waals surface area (Å²) in [6, 6.07) is 0. The molecule has 0 aromatic rings. The Bertz CT molecular complexity index is 16.4. The van der Waals surface area contributed by atoms with Gasteiger partial charge in [-0.05, 0) is 0 Å². The fourth-order valence-corrected chi connectivity index (χ4v) is 0. The molecule has 0 saturated heterocycles. The molecule has 0 radical (unpaired) electrons. The van der Waals surface area contributed by atoms with E-state index >= 15 is 0 Å². The SMILES string of the molecule is NCCN.O.O.O.O.O.O.O. The Hall–Kier alpha value is -0.360. The second-order valence-electron chi connectivity index (χ2n) is 0.577. The van der Waals surface area contributed by atoms with E-state index in [1.54, 1.807) is 0 Å². The molecular formula is C2H22N2O7. The molecule has 0 saturated carbocycles. The molecule has 0 rings (SSSR count). The van der Waals surface area contributed by atoms with Gasteiger partial charge in [-0.25, -0.2) is 0 Å². The van der Waals surface area contributed by atoms with Gasteiger partial charge in [-0.15, -0.1) is 0 Å². The van der Waals surface area contributed by atoms with Gasteiger partial charge in [-0.2, -0.15) is 0 Å². The van der Waals surface area contributed by atoms with Crippen LogP contribution >= 0.6 is 0 Å². The lowest BCUT2D eigenvalue weighted by atomic mass is 10.7. The molecule has 0 aliphatic rings. The lowest BCUT2D eigenvalue weighted by Crippen LogP contribution is -2.11. The molecule has 0 aliphatic carbocycles. The first-order valence-corrected chi connectivity index (χ1v) is 1.32. The molecule has 0 aromatic heterocycles. The van der Waals surface area contributed by atoms with Crippen molar-refractivity contribution in [2.24, 2.45) is 11.5 Å². The molecule has 11 heavy (non-hydrogen) atoms. The maximum absolute atomic E-state index is 4.90. The molecule has 0 spiro atoms. The van der Waals surface area contributed by atoms with Gasteiger partial charge >= 0.3 is 0 Å². The molecule has 0 unspecified atom stereocenters. The van der Waals surface area contributed by atoms with Crippen LogP contribution in [0.15, 0.2) is 0 Å². The van der Waals surface area contributed by atoms with Gasteiger partial charge in [0.05, 0.1) is 0 Å². The molecule has 82 valence electrons. The van der Waals surface area contributed by atoms with E-state index in [0.29, 0.717) is 13.1 Å². The van der Waals surface area contributed by atoms with Crippen molar-refractivity contribution in [1.82, 2.24) is 0 Å². The Labute approximate surface area is 64.1 Å². The topological polar surface area (TPSA) is 273 Å². The van der Waals surface area contributed by atoms with Crippen LogP contribution in [0, 0.1) is 0 Å². The summed E-state index contributed by atoms with van der Waals surface area (Å²) in [6.45, 7) is 1.19. The van der Waals surface area contributed by atoms with Crippen LogP contribution in [0.5, 0.6) is 0 Å². The van der Waals surface area contributed by atoms with Crippen molar-refractivity contribution in [1.29, 1.82) is 0 Å². The van der Waals surface area contributed by atoms with E-state index in [1.165, 1.54) is 0 Å². The number of rotatable bonds is 1. The smallest absolute Gasteiger partial charge is 0.00461 e. The van der Waals surface area contributed by atoms with Crippen molar-refractivity contribution in [2.75, 3.05) is 13.1 Å². The summed E-state index contributed by atoms with van der Waals surface area (Å²) in [5.41, 5.74) is 9.81. The quantitative estimate of drug-likeness (QED) is 0.403. The summed E-state index contributed by atoms with van der Waals surface area (Å²) >= 11 is 0. The zero-order chi connectivity index (χ0) is 3.41. The van der Waals surface area contributed by atoms with Gasteiger partial charge in [-0.3, -0.25) is 0 Å². The second-order valence-corrected chi connectivity index (χ2v) is 0.577. The van der Waals surface area contributed by atoms with Gasteiger partial charge in [0.1, 0.15) is 0 Å². The van der Waals surface area contributed by atoms with E-state index in [1.807, 2.05) is 0 Å². The predicted octanol–water partition coefficient (Wildman–Crippen LogP) is -6.87. The van der Waals surface area contributed by atoms with Crippen molar-refractivity contribution in [3.8, 4) is 0 Å². The maximum Gasteiger partial charge on any atom is 0.00461 e. The average molecular weight is 186 g/mol. The molecule has 0 amide bonds. The first kappa shape index (κ1) is 142. The second kappa shape index (κ2) is 268. The molecule has 0 aromatic carbocycles. The molecule has 0 heterocycles. The summed E-state index contributed by atoms with van der Waals surface area (Å²) in [5.74, 6) is 0. The fraction of sp³-hybridized carbons (Fsp3) is 1.00. The van der Waals surface area contributed by atoms with Gasteiger partial charge in [-0.1, -0.05) is 0 Å². The van der Waals surface area contributed by atoms with Crippen LogP contribution in [-0.2, 0) is 0 Å². The van der Waals surface area contributed by atoms with Crippen LogP contribution < -0.4 is 11.5 Å². The molecule has 18 N–H and O–H groups in total. The number of nitrogens with two attached hydrogens (primary N) is 2. The summed E-state index contributed by atoms with van der Waals surface area (Å²) in [7, 11) is 0. The molecule has 9 nitrogen and oxygen atoms in total. The Morgan fingerprint density at radius 1 is 0.455 bits per heavy atom. The van der Waals surface area contributed by atoms with E-state index in [4.69, 9.17) is 11.5 Å². The Morgan fingerprint density at radius 2 is 0.545 bits per heavy atom. The highest BCUT2D eigenvalue weighted by Crippen LogP contribution is 1.24. The van der Waals surface area contributed by atoms with E-state index in [9.17, 15) is 0 Å². The lowest BCUT2D eigenvalue weighted by Gasteiger charge is -1.72. The fourth-order valence-electron chi connectivity index (χ4n) is 0. The van der Waals surface area contributed by atoms with Crippen molar-refractivity contribution in [3.63, 3.8) is 0 Å². The van der Waals surface area contributed by atoms with Crippen LogP contribution in [0.3, 0.4) is 0 Å². The molecule has 9 heteroatoms. The highest BCUT2D eigenvalue weighted by atomic mass is 16.0. The zero-order valence-electron chi connectivity index (χ0n) is 6.07. The highest BCUT2D eigenvalue weighted by molar-refractivity contribution is 4.26. The summed E-state index contributed by atoms with van der Waals surface area (Å²) < 4.78 is 0. The van der Waals surface area contributed by atoms with Crippen LogP contribution in [0.4, 0.5) is 0 Å². The van der Waals surface area contributed by atoms with Crippen molar-refractivity contribution >= 4 is 0 Å². The summed E-state index contributed by atoms with van der Waals surface area (Å²) in [4.78, 5) is 0. The standard InChI is InChI=1S/C2H8N2.7H2O/c3-1-2-4;;;;;;;/h1-4H2;7*1H2. The summed E-state index contributed by atoms with van der Waals surface area (Å²) in [6.07, 6.45) is 0. The number of hydrogen-bond donors (Lipinski definition) is 2. The van der Waals surface area contributed by atoms with Crippen LogP contribution in [-0.4, -0.2) is 51.4 Å². The van der Waals surface area contributed by atoms with E-state index < -0.39 is 0 Å². The predicted molar refractivity (Wildman–Crippen MR) is 43.4 cm³/mol. The average Bonchev–Trinajstić information content (AvgIpc) is 1.37. The van der Waals surface area contributed by atoms with E-state index in [2.05, 4.69) is 0 Å². The third-order valence-electron chi connectivity index (χ3n) is 0.167. The van der Waals surface area contributed by atoms with Gasteiger partial charge in [0.25, 0.3) is 0 Å². The van der Waals surface area contributed by atoms with Crippen LogP contribution in [0.2, 0.25) is 0 Å². The van der Waals surface area contributed by atoms with Crippen molar-refractivity contribution < 1.29 is 38.3 Å². The van der Waals surface area contributed by atoms with Gasteiger partial charge < -0.3 is 49.8 Å². The minimum absolute atomic E-state index is 0. The van der Waals surface area contributed by atoms with Crippen LogP contribution in [0.25, 0.3) is 0 Å². The van der Waals surface area contributed by atoms with Crippen molar-refractivity contribution in [3.05, 3.63) is 0 Å². The molecule has 0 aliphatic heterocycles. The third-order valence-corrected chi connectivity index (χ3v) is 0.167. The first-order valence-electron chi connectivity index (χ1n) is 1.32. The monoisotopic (exact) mass is 186 g/mol. The maximum atomic E-state index is 4.90. The van der Waals surface area contributed by atoms with Gasteiger partial charge in [0.15, 0.2) is 0 Å². The third kappa shape index (κ3) is 1370. The Balaban J connectivity index is -0.00000000214. The molecular weight excluding hydrogens is 164 g/mol. The van der Waals surface area contributed by atoms with Gasteiger partial charge in [0, 0.05) is 13.1 Å². The molecule has 0 fully saturated rings. The van der Waals surface area contributed by atoms with Crippen molar-refractivity contribution in [2.45, 2.75) is 0 Å². The lowest BCUT2D eigenvalue weighted by molar-refractivity contribution is 0.823. The summed E-state index contributed by atoms with van der Waals surface area (Å²) in [5, 5.41) is 0. The Morgan fingerprint density at radius 3 is 0.545 bits per heavy atom. The minimum atomic E-state index is 0. The van der Waals surface area contributed by atoms with E-state index in [0.717, 1.165) is 0 Å². The van der Waals surface area contributed by atoms with Crippen LogP contribution in [0.1, 0.15) is 0 Å². The zero-order valence-corrected chi connectivity index (χ0v) is 6.07. The molecule has 0 bridgehead atoms. The first-order chi connectivity index (χ1) is 1.91. The highest BCUT2D eigenvalue weighted by Gasteiger charge is 1.54. The number of hydrogen-bond acceptors (Lipinski definition) is 2. The normalized spacial score (nSPS) is 2.73. The molecule has 0 atom stereocenters. The van der Waals surface area contributed by atoms with E-state index in [-0.39, 0.29) is 38.3 Å². The largest absolute Gasteiger partial charge is 0.412 e. The Kier molecular flexibility index (Phi) is 3450. The minimum Gasteiger partial charge on any atom is -0.412 e.